The molecule has 3 rings (SSSR count). The van der Waals surface area contributed by atoms with Gasteiger partial charge in [-0.2, -0.15) is 4.31 Å². The molecular weight excluding hydrogens is 406 g/mol. The van der Waals surface area contributed by atoms with Gasteiger partial charge in [0.2, 0.25) is 15.9 Å². The van der Waals surface area contributed by atoms with Crippen LogP contribution in [-0.2, 0) is 19.6 Å². The van der Waals surface area contributed by atoms with Crippen LogP contribution in [-0.4, -0.2) is 76.1 Å². The van der Waals surface area contributed by atoms with Crippen molar-refractivity contribution in [1.29, 1.82) is 0 Å². The third-order valence-electron chi connectivity index (χ3n) is 5.69. The predicted octanol–water partition coefficient (Wildman–Crippen LogP) is 2.02. The molecule has 1 amide bonds. The van der Waals surface area contributed by atoms with Gasteiger partial charge >= 0.3 is 0 Å². The van der Waals surface area contributed by atoms with Crippen LogP contribution in [0, 0.1) is 11.8 Å². The summed E-state index contributed by atoms with van der Waals surface area (Å²) in [4.78, 5) is 14.9. The van der Waals surface area contributed by atoms with E-state index in [2.05, 4.69) is 19.2 Å². The lowest BCUT2D eigenvalue weighted by molar-refractivity contribution is -0.134. The Morgan fingerprint density at radius 2 is 1.83 bits per heavy atom. The molecule has 2 aliphatic heterocycles. The van der Waals surface area contributed by atoms with Crippen LogP contribution in [0.3, 0.4) is 0 Å². The summed E-state index contributed by atoms with van der Waals surface area (Å²) in [5.41, 5.74) is 0.571. The number of anilines is 1. The number of nitrogens with zero attached hydrogens (tertiary/aromatic N) is 2. The van der Waals surface area contributed by atoms with E-state index in [4.69, 9.17) is 9.47 Å². The molecule has 2 saturated heterocycles. The zero-order valence-electron chi connectivity index (χ0n) is 18.3. The van der Waals surface area contributed by atoms with Crippen LogP contribution in [0.4, 0.5) is 5.69 Å². The summed E-state index contributed by atoms with van der Waals surface area (Å²) in [5, 5.41) is 3.18. The highest BCUT2D eigenvalue weighted by molar-refractivity contribution is 7.89. The highest BCUT2D eigenvalue weighted by Crippen LogP contribution is 2.30. The van der Waals surface area contributed by atoms with Crippen LogP contribution >= 0.6 is 0 Å². The van der Waals surface area contributed by atoms with E-state index in [9.17, 15) is 13.2 Å². The van der Waals surface area contributed by atoms with Gasteiger partial charge < -0.3 is 19.7 Å². The Balaban J connectivity index is 1.78. The van der Waals surface area contributed by atoms with Gasteiger partial charge in [-0.3, -0.25) is 4.79 Å². The summed E-state index contributed by atoms with van der Waals surface area (Å²) in [6.45, 7) is 9.03. The van der Waals surface area contributed by atoms with Crippen molar-refractivity contribution < 1.29 is 22.7 Å². The monoisotopic (exact) mass is 439 g/mol. The molecule has 0 aromatic heterocycles. The van der Waals surface area contributed by atoms with Gasteiger partial charge in [-0.15, -0.1) is 0 Å². The number of hydrogen-bond donors (Lipinski definition) is 1. The number of piperidine rings is 1. The maximum absolute atomic E-state index is 13.1. The Bertz CT molecular complexity index is 844. The molecule has 2 aliphatic rings. The molecule has 2 fully saturated rings. The van der Waals surface area contributed by atoms with Crippen molar-refractivity contribution in [2.24, 2.45) is 11.8 Å². The maximum atomic E-state index is 13.1. The number of sulfonamides is 1. The molecule has 168 valence electrons. The molecule has 9 heteroatoms. The summed E-state index contributed by atoms with van der Waals surface area (Å²) in [6, 6.07) is 4.45. The number of carbonyl (C=O) groups excluding carboxylic acids is 1. The quantitative estimate of drug-likeness (QED) is 0.730. The molecule has 0 saturated carbocycles. The second-order valence-corrected chi connectivity index (χ2v) is 10.3. The molecule has 0 spiro atoms. The molecule has 8 nitrogen and oxygen atoms in total. The molecular formula is C21H33N3O5S. The number of likely N-dealkylation sites (tertiary alicyclic amines) is 1. The van der Waals surface area contributed by atoms with Gasteiger partial charge in [-0.1, -0.05) is 13.8 Å². The first kappa shape index (κ1) is 22.8. The highest BCUT2D eigenvalue weighted by atomic mass is 32.2. The number of ether oxygens (including phenoxy) is 2. The zero-order chi connectivity index (χ0) is 21.9. The number of amides is 1. The Hall–Kier alpha value is -1.84. The number of nitrogens with one attached hydrogen (secondary N) is 1. The van der Waals surface area contributed by atoms with Gasteiger partial charge in [0.05, 0.1) is 20.3 Å². The Labute approximate surface area is 179 Å². The molecule has 2 heterocycles. The number of benzene rings is 1. The van der Waals surface area contributed by atoms with E-state index in [1.807, 2.05) is 11.8 Å². The summed E-state index contributed by atoms with van der Waals surface area (Å²) >= 11 is 0. The van der Waals surface area contributed by atoms with Gasteiger partial charge in [0.15, 0.2) is 0 Å². The average molecular weight is 440 g/mol. The third kappa shape index (κ3) is 5.07. The lowest BCUT2D eigenvalue weighted by atomic mass is 9.91. The smallest absolute Gasteiger partial charge is 0.246 e. The Morgan fingerprint density at radius 3 is 2.43 bits per heavy atom. The van der Waals surface area contributed by atoms with Gasteiger partial charge in [0.25, 0.3) is 0 Å². The molecule has 1 aromatic carbocycles. The van der Waals surface area contributed by atoms with Crippen LogP contribution in [0.2, 0.25) is 0 Å². The molecule has 0 unspecified atom stereocenters. The minimum Gasteiger partial charge on any atom is -0.495 e. The van der Waals surface area contributed by atoms with Crippen LogP contribution < -0.4 is 10.1 Å². The predicted molar refractivity (Wildman–Crippen MR) is 115 cm³/mol. The van der Waals surface area contributed by atoms with E-state index in [0.717, 1.165) is 19.5 Å². The largest absolute Gasteiger partial charge is 0.495 e. The van der Waals surface area contributed by atoms with Crippen LogP contribution in [0.5, 0.6) is 5.75 Å². The number of methoxy groups -OCH3 is 1. The lowest BCUT2D eigenvalue weighted by Gasteiger charge is -2.36. The first-order valence-corrected chi connectivity index (χ1v) is 12.0. The minimum absolute atomic E-state index is 0.0294. The first-order chi connectivity index (χ1) is 14.2. The van der Waals surface area contributed by atoms with E-state index in [-0.39, 0.29) is 16.6 Å². The summed E-state index contributed by atoms with van der Waals surface area (Å²) in [7, 11) is -2.28. The Kier molecular flexibility index (Phi) is 7.26. The summed E-state index contributed by atoms with van der Waals surface area (Å²) in [5.74, 6) is 1.28. The lowest BCUT2D eigenvalue weighted by Crippen LogP contribution is -2.48. The zero-order valence-corrected chi connectivity index (χ0v) is 19.1. The number of hydrogen-bond acceptors (Lipinski definition) is 6. The van der Waals surface area contributed by atoms with Gasteiger partial charge in [0, 0.05) is 31.9 Å². The van der Waals surface area contributed by atoms with Crippen molar-refractivity contribution in [3.63, 3.8) is 0 Å². The summed E-state index contributed by atoms with van der Waals surface area (Å²) < 4.78 is 38.3. The molecule has 3 atom stereocenters. The van der Waals surface area contributed by atoms with Crippen LogP contribution in [0.25, 0.3) is 0 Å². The van der Waals surface area contributed by atoms with E-state index in [1.54, 1.807) is 18.2 Å². The van der Waals surface area contributed by atoms with Crippen LogP contribution in [0.15, 0.2) is 23.1 Å². The Morgan fingerprint density at radius 1 is 1.20 bits per heavy atom. The number of morpholine rings is 1. The maximum Gasteiger partial charge on any atom is 0.246 e. The molecule has 0 bridgehead atoms. The fourth-order valence-electron chi connectivity index (χ4n) is 4.32. The van der Waals surface area contributed by atoms with Crippen molar-refractivity contribution in [3.8, 4) is 5.75 Å². The molecule has 30 heavy (non-hydrogen) atoms. The summed E-state index contributed by atoms with van der Waals surface area (Å²) in [6.07, 6.45) is 1.13. The van der Waals surface area contributed by atoms with E-state index < -0.39 is 16.1 Å². The first-order valence-electron chi connectivity index (χ1n) is 10.5. The second kappa shape index (κ2) is 9.53. The number of carbonyl (C=O) groups is 1. The van der Waals surface area contributed by atoms with Gasteiger partial charge in [-0.05, 0) is 43.4 Å². The second-order valence-electron chi connectivity index (χ2n) is 8.44. The van der Waals surface area contributed by atoms with E-state index in [0.29, 0.717) is 43.8 Å². The fourth-order valence-corrected chi connectivity index (χ4v) is 5.91. The fraction of sp³-hybridized carbons (Fsp3) is 0.667. The van der Waals surface area contributed by atoms with Crippen molar-refractivity contribution >= 4 is 21.6 Å². The molecule has 1 aromatic rings. The highest BCUT2D eigenvalue weighted by Gasteiger charge is 2.31. The van der Waals surface area contributed by atoms with E-state index >= 15 is 0 Å². The van der Waals surface area contributed by atoms with Crippen molar-refractivity contribution in [2.45, 2.75) is 38.1 Å². The van der Waals surface area contributed by atoms with Crippen molar-refractivity contribution in [3.05, 3.63) is 18.2 Å². The van der Waals surface area contributed by atoms with Gasteiger partial charge in [0.1, 0.15) is 16.7 Å². The minimum atomic E-state index is -3.73. The molecule has 0 aliphatic carbocycles. The average Bonchev–Trinajstić information content (AvgIpc) is 2.73. The SMILES string of the molecule is COc1ccc(N[C@H](C)C(=O)N2C[C@H](C)C[C@@H](C)C2)cc1S(=O)(=O)N1CCOCC1. The van der Waals surface area contributed by atoms with Crippen molar-refractivity contribution in [1.82, 2.24) is 9.21 Å². The van der Waals surface area contributed by atoms with Gasteiger partial charge in [-0.25, -0.2) is 8.42 Å². The topological polar surface area (TPSA) is 88.2 Å². The molecule has 1 N–H and O–H groups in total. The standard InChI is InChI=1S/C21H33N3O5S/c1-15-11-16(2)14-23(13-15)21(25)17(3)22-18-5-6-19(28-4)20(12-18)30(26,27)24-7-9-29-10-8-24/h5-6,12,15-17,22H,7-11,13-14H2,1-4H3/t15-,16-,17-/m1/s1. The third-order valence-corrected chi connectivity index (χ3v) is 7.61. The normalized spacial score (nSPS) is 24.3. The van der Waals surface area contributed by atoms with E-state index in [1.165, 1.54) is 11.4 Å². The van der Waals surface area contributed by atoms with Crippen LogP contribution in [0.1, 0.15) is 27.2 Å². The molecule has 0 radical (unpaired) electrons. The number of rotatable bonds is 6. The van der Waals surface area contributed by atoms with Crippen molar-refractivity contribution in [2.75, 3.05) is 51.8 Å².